The third-order valence-corrected chi connectivity index (χ3v) is 3.07. The van der Waals surface area contributed by atoms with Gasteiger partial charge in [-0.15, -0.1) is 0 Å². The predicted octanol–water partition coefficient (Wildman–Crippen LogP) is 0.579. The quantitative estimate of drug-likeness (QED) is 0.635. The molecule has 0 aromatic rings. The molecule has 4 heteroatoms. The number of aliphatic hydroxyl groups is 1. The molecule has 1 aliphatic heterocycles. The first kappa shape index (κ1) is 8.84. The van der Waals surface area contributed by atoms with E-state index in [-0.39, 0.29) is 6.61 Å². The zero-order valence-corrected chi connectivity index (χ0v) is 7.93. The Hall–Kier alpha value is -0.740. The molecule has 13 heavy (non-hydrogen) atoms. The fourth-order valence-corrected chi connectivity index (χ4v) is 1.93. The summed E-state index contributed by atoms with van der Waals surface area (Å²) in [5.41, 5.74) is 0. The van der Waals surface area contributed by atoms with Crippen LogP contribution in [0.25, 0.3) is 0 Å². The average molecular weight is 182 g/mol. The van der Waals surface area contributed by atoms with Crippen LogP contribution in [0, 0.1) is 5.92 Å². The molecule has 4 nitrogen and oxygen atoms in total. The predicted molar refractivity (Wildman–Crippen MR) is 51.4 cm³/mol. The van der Waals surface area contributed by atoms with Gasteiger partial charge in [-0.05, 0) is 19.8 Å². The van der Waals surface area contributed by atoms with E-state index < -0.39 is 0 Å². The van der Waals surface area contributed by atoms with Crippen LogP contribution in [0.5, 0.6) is 0 Å². The Morgan fingerprint density at radius 1 is 1.62 bits per heavy atom. The normalized spacial score (nSPS) is 34.0. The molecule has 0 amide bonds. The van der Waals surface area contributed by atoms with Crippen molar-refractivity contribution in [2.75, 3.05) is 13.2 Å². The Morgan fingerprint density at radius 2 is 2.38 bits per heavy atom. The van der Waals surface area contributed by atoms with Crippen LogP contribution in [-0.4, -0.2) is 41.6 Å². The zero-order valence-electron chi connectivity index (χ0n) is 7.93. The molecular weight excluding hydrogens is 166 g/mol. The van der Waals surface area contributed by atoms with Crippen molar-refractivity contribution in [2.24, 2.45) is 16.0 Å². The Kier molecular flexibility index (Phi) is 2.17. The molecule has 1 heterocycles. The van der Waals surface area contributed by atoms with Crippen molar-refractivity contribution in [2.45, 2.75) is 25.8 Å². The van der Waals surface area contributed by atoms with Gasteiger partial charge in [0.1, 0.15) is 12.6 Å². The van der Waals surface area contributed by atoms with Crippen molar-refractivity contribution in [1.82, 2.24) is 0 Å². The zero-order chi connectivity index (χ0) is 9.31. The van der Waals surface area contributed by atoms with Crippen LogP contribution in [0.15, 0.2) is 10.1 Å². The Bertz CT molecular complexity index is 233. The number of aliphatic imine (C=N–C) groups is 1. The van der Waals surface area contributed by atoms with Gasteiger partial charge in [-0.1, -0.05) is 5.10 Å². The Morgan fingerprint density at radius 3 is 2.85 bits per heavy atom. The van der Waals surface area contributed by atoms with Gasteiger partial charge in [0.25, 0.3) is 0 Å². The van der Waals surface area contributed by atoms with Crippen LogP contribution in [0.1, 0.15) is 19.8 Å². The lowest BCUT2D eigenvalue weighted by Crippen LogP contribution is -2.50. The maximum absolute atomic E-state index is 8.99. The van der Waals surface area contributed by atoms with E-state index in [1.165, 1.54) is 12.8 Å². The first-order valence-corrected chi connectivity index (χ1v) is 4.85. The van der Waals surface area contributed by atoms with Crippen molar-refractivity contribution in [3.05, 3.63) is 0 Å². The van der Waals surface area contributed by atoms with Crippen molar-refractivity contribution in [3.63, 3.8) is 0 Å². The number of hydrogen-bond donors (Lipinski definition) is 1. The molecule has 0 saturated heterocycles. The summed E-state index contributed by atoms with van der Waals surface area (Å²) in [7, 11) is 0. The third kappa shape index (κ3) is 1.51. The molecule has 2 aliphatic rings. The molecule has 2 unspecified atom stereocenters. The number of aliphatic hydroxyl groups excluding tert-OH is 1. The summed E-state index contributed by atoms with van der Waals surface area (Å²) < 4.78 is 0.501. The summed E-state index contributed by atoms with van der Waals surface area (Å²) in [6.07, 6.45) is 6.04. The maximum Gasteiger partial charge on any atom is 0.218 e. The number of rotatable bonds is 4. The van der Waals surface area contributed by atoms with Gasteiger partial charge in [-0.25, -0.2) is 0 Å². The van der Waals surface area contributed by atoms with E-state index >= 15 is 0 Å². The topological polar surface area (TPSA) is 45.0 Å². The number of nitrogens with zero attached hydrogens (tertiary/aromatic N) is 3. The standard InChI is InChI=1S/C9H16N3O/c1-8(9-2-3-9)12(4-5-13)7-10-6-11-12/h6-9,13H,2-5H2,1H3/q+1. The van der Waals surface area contributed by atoms with Crippen LogP contribution >= 0.6 is 0 Å². The van der Waals surface area contributed by atoms with Crippen LogP contribution in [-0.2, 0) is 0 Å². The highest BCUT2D eigenvalue weighted by atomic mass is 16.3. The van der Waals surface area contributed by atoms with Crippen LogP contribution in [0.2, 0.25) is 0 Å². The largest absolute Gasteiger partial charge is 0.390 e. The van der Waals surface area contributed by atoms with Crippen molar-refractivity contribution < 1.29 is 9.70 Å². The van der Waals surface area contributed by atoms with Crippen molar-refractivity contribution in [1.29, 1.82) is 0 Å². The van der Waals surface area contributed by atoms with E-state index in [9.17, 15) is 0 Å². The van der Waals surface area contributed by atoms with Gasteiger partial charge in [-0.3, -0.25) is 0 Å². The lowest BCUT2D eigenvalue weighted by Gasteiger charge is -2.30. The number of hydrogen-bond acceptors (Lipinski definition) is 3. The molecule has 0 aromatic carbocycles. The van der Waals surface area contributed by atoms with E-state index in [2.05, 4.69) is 17.0 Å². The fourth-order valence-electron chi connectivity index (χ4n) is 1.93. The summed E-state index contributed by atoms with van der Waals surface area (Å²) >= 11 is 0. The highest BCUT2D eigenvalue weighted by Gasteiger charge is 2.44. The smallest absolute Gasteiger partial charge is 0.218 e. The van der Waals surface area contributed by atoms with Crippen LogP contribution in [0.3, 0.4) is 0 Å². The number of quaternary nitrogens is 1. The minimum atomic E-state index is 0.167. The second-order valence-corrected chi connectivity index (χ2v) is 3.91. The van der Waals surface area contributed by atoms with Crippen molar-refractivity contribution >= 4 is 12.7 Å². The lowest BCUT2D eigenvalue weighted by molar-refractivity contribution is -0.866. The highest BCUT2D eigenvalue weighted by Crippen LogP contribution is 2.38. The summed E-state index contributed by atoms with van der Waals surface area (Å²) in [4.78, 5) is 4.03. The van der Waals surface area contributed by atoms with Gasteiger partial charge in [0, 0.05) is 5.92 Å². The molecule has 0 aromatic heterocycles. The molecule has 2 rings (SSSR count). The van der Waals surface area contributed by atoms with E-state index in [1.807, 2.05) is 6.34 Å². The molecule has 1 aliphatic carbocycles. The second kappa shape index (κ2) is 3.20. The summed E-state index contributed by atoms with van der Waals surface area (Å²) in [5.74, 6) is 0.772. The highest BCUT2D eigenvalue weighted by molar-refractivity contribution is 5.71. The molecule has 72 valence electrons. The van der Waals surface area contributed by atoms with E-state index in [1.54, 1.807) is 6.34 Å². The minimum absolute atomic E-state index is 0.167. The average Bonchev–Trinajstić information content (AvgIpc) is 2.87. The summed E-state index contributed by atoms with van der Waals surface area (Å²) in [6, 6.07) is 0.467. The molecule has 0 bridgehead atoms. The third-order valence-electron chi connectivity index (χ3n) is 3.07. The van der Waals surface area contributed by atoms with E-state index in [4.69, 9.17) is 5.11 Å². The SMILES string of the molecule is CC(C1CC1)[N+]1(CCO)C=NC=N1. The van der Waals surface area contributed by atoms with Gasteiger partial charge < -0.3 is 5.11 Å². The summed E-state index contributed by atoms with van der Waals surface area (Å²) in [6.45, 7) is 3.01. The van der Waals surface area contributed by atoms with E-state index in [0.717, 1.165) is 5.92 Å². The summed E-state index contributed by atoms with van der Waals surface area (Å²) in [5, 5.41) is 13.3. The van der Waals surface area contributed by atoms with E-state index in [0.29, 0.717) is 17.2 Å². The monoisotopic (exact) mass is 182 g/mol. The molecule has 0 radical (unpaired) electrons. The molecule has 2 atom stereocenters. The molecule has 1 fully saturated rings. The molecule has 1 N–H and O–H groups in total. The Balaban J connectivity index is 2.12. The minimum Gasteiger partial charge on any atom is -0.390 e. The lowest BCUT2D eigenvalue weighted by atomic mass is 10.2. The van der Waals surface area contributed by atoms with Gasteiger partial charge in [0.05, 0.1) is 6.61 Å². The van der Waals surface area contributed by atoms with Gasteiger partial charge in [0.2, 0.25) is 6.34 Å². The maximum atomic E-state index is 8.99. The fraction of sp³-hybridized carbons (Fsp3) is 0.778. The van der Waals surface area contributed by atoms with Gasteiger partial charge >= 0.3 is 0 Å². The first-order valence-electron chi connectivity index (χ1n) is 4.85. The molecule has 0 spiro atoms. The first-order chi connectivity index (χ1) is 6.28. The molecular formula is C9H16N3O+. The second-order valence-electron chi connectivity index (χ2n) is 3.91. The van der Waals surface area contributed by atoms with Gasteiger partial charge in [-0.2, -0.15) is 9.58 Å². The van der Waals surface area contributed by atoms with Crippen LogP contribution < -0.4 is 0 Å². The molecule has 1 saturated carbocycles. The van der Waals surface area contributed by atoms with Crippen LogP contribution in [0.4, 0.5) is 0 Å². The van der Waals surface area contributed by atoms with Gasteiger partial charge in [0.15, 0.2) is 6.34 Å². The Labute approximate surface area is 78.2 Å². The van der Waals surface area contributed by atoms with Crippen molar-refractivity contribution in [3.8, 4) is 0 Å².